The number of benzene rings is 1. The lowest BCUT2D eigenvalue weighted by atomic mass is 9.91. The number of hydrogen-bond donors (Lipinski definition) is 3. The number of aromatic nitrogens is 1. The van der Waals surface area contributed by atoms with E-state index in [1.165, 1.54) is 0 Å². The summed E-state index contributed by atoms with van der Waals surface area (Å²) in [6.07, 6.45) is 3.52. The van der Waals surface area contributed by atoms with Crippen molar-refractivity contribution < 1.29 is 4.79 Å². The maximum Gasteiger partial charge on any atom is 0.228 e. The van der Waals surface area contributed by atoms with Crippen molar-refractivity contribution in [1.82, 2.24) is 4.98 Å². The number of nitrogen functional groups attached to an aromatic ring is 1. The number of anilines is 2. The van der Waals surface area contributed by atoms with E-state index in [0.717, 1.165) is 24.0 Å². The number of hydrogen-bond acceptors (Lipinski definition) is 4. The Bertz CT molecular complexity index is 794. The molecule has 1 aromatic carbocycles. The minimum Gasteiger partial charge on any atom is -0.398 e. The highest BCUT2D eigenvalue weighted by atomic mass is 16.2. The molecule has 0 radical (unpaired) electrons. The normalized spacial score (nSPS) is 13.8. The fraction of sp³-hybridized carbons (Fsp3) is 0.316. The molecule has 5 heteroatoms. The first-order chi connectivity index (χ1) is 11.5. The lowest BCUT2D eigenvalue weighted by molar-refractivity contribution is -0.117. The van der Waals surface area contributed by atoms with E-state index in [4.69, 9.17) is 11.1 Å². The quantitative estimate of drug-likeness (QED) is 0.580. The second kappa shape index (κ2) is 6.43. The molecule has 0 aliphatic heterocycles. The van der Waals surface area contributed by atoms with Gasteiger partial charge < -0.3 is 11.1 Å². The van der Waals surface area contributed by atoms with Crippen LogP contribution >= 0.6 is 0 Å². The van der Waals surface area contributed by atoms with Gasteiger partial charge in [-0.05, 0) is 30.9 Å². The van der Waals surface area contributed by atoms with Crippen LogP contribution in [0.3, 0.4) is 0 Å². The molecule has 124 valence electrons. The Hall–Kier alpha value is -2.69. The predicted octanol–water partition coefficient (Wildman–Crippen LogP) is 3.55. The van der Waals surface area contributed by atoms with Gasteiger partial charge in [-0.15, -0.1) is 0 Å². The largest absolute Gasteiger partial charge is 0.398 e. The number of amides is 1. The molecule has 1 aromatic heterocycles. The number of carbonyl (C=O) groups excluding carboxylic acids is 1. The SMILES string of the molecule is CC(C)c1c(C(=N)c2ccccc2N)ccnc1NC(=O)C1CC1. The number of carbonyl (C=O) groups is 1. The van der Waals surface area contributed by atoms with E-state index in [2.05, 4.69) is 10.3 Å². The van der Waals surface area contributed by atoms with Crippen LogP contribution in [0, 0.1) is 11.3 Å². The number of nitrogens with two attached hydrogens (primary N) is 1. The molecular formula is C19H22N4O. The van der Waals surface area contributed by atoms with Crippen LogP contribution in [0.25, 0.3) is 0 Å². The van der Waals surface area contributed by atoms with E-state index in [1.807, 2.05) is 38.1 Å². The van der Waals surface area contributed by atoms with E-state index in [1.54, 1.807) is 12.3 Å². The molecule has 2 aromatic rings. The van der Waals surface area contributed by atoms with E-state index in [9.17, 15) is 4.79 Å². The van der Waals surface area contributed by atoms with E-state index in [-0.39, 0.29) is 17.7 Å². The van der Waals surface area contributed by atoms with Crippen LogP contribution in [0.2, 0.25) is 0 Å². The van der Waals surface area contributed by atoms with Crippen molar-refractivity contribution in [3.63, 3.8) is 0 Å². The first kappa shape index (κ1) is 16.2. The van der Waals surface area contributed by atoms with Gasteiger partial charge in [0.05, 0.1) is 5.71 Å². The Labute approximate surface area is 141 Å². The average Bonchev–Trinajstić information content (AvgIpc) is 3.39. The Kier molecular flexibility index (Phi) is 4.34. The highest BCUT2D eigenvalue weighted by Gasteiger charge is 2.31. The zero-order valence-corrected chi connectivity index (χ0v) is 14.0. The van der Waals surface area contributed by atoms with E-state index >= 15 is 0 Å². The molecule has 1 fully saturated rings. The topological polar surface area (TPSA) is 91.9 Å². The van der Waals surface area contributed by atoms with Crippen molar-refractivity contribution >= 4 is 23.1 Å². The van der Waals surface area contributed by atoms with Gasteiger partial charge >= 0.3 is 0 Å². The second-order valence-corrected chi connectivity index (χ2v) is 6.50. The predicted molar refractivity (Wildman–Crippen MR) is 96.5 cm³/mol. The lowest BCUT2D eigenvalue weighted by Gasteiger charge is -2.18. The highest BCUT2D eigenvalue weighted by Crippen LogP contribution is 2.33. The summed E-state index contributed by atoms with van der Waals surface area (Å²) < 4.78 is 0. The number of nitrogens with zero attached hydrogens (tertiary/aromatic N) is 1. The van der Waals surface area contributed by atoms with E-state index in [0.29, 0.717) is 22.8 Å². The summed E-state index contributed by atoms with van der Waals surface area (Å²) in [7, 11) is 0. The minimum absolute atomic E-state index is 0.0207. The zero-order chi connectivity index (χ0) is 17.3. The van der Waals surface area contributed by atoms with Crippen LogP contribution in [-0.2, 0) is 4.79 Å². The van der Waals surface area contributed by atoms with Crippen molar-refractivity contribution in [2.45, 2.75) is 32.6 Å². The first-order valence-electron chi connectivity index (χ1n) is 8.22. The van der Waals surface area contributed by atoms with Crippen LogP contribution in [0.15, 0.2) is 36.5 Å². The third kappa shape index (κ3) is 3.15. The molecule has 1 aliphatic rings. The fourth-order valence-electron chi connectivity index (χ4n) is 2.81. The molecular weight excluding hydrogens is 300 g/mol. The highest BCUT2D eigenvalue weighted by molar-refractivity contribution is 6.15. The molecule has 3 rings (SSSR count). The summed E-state index contributed by atoms with van der Waals surface area (Å²) in [5, 5.41) is 11.5. The average molecular weight is 322 g/mol. The first-order valence-corrected chi connectivity index (χ1v) is 8.22. The Morgan fingerprint density at radius 1 is 1.25 bits per heavy atom. The van der Waals surface area contributed by atoms with Crippen LogP contribution < -0.4 is 11.1 Å². The molecule has 0 saturated heterocycles. The summed E-state index contributed by atoms with van der Waals surface area (Å²) in [5.74, 6) is 0.805. The summed E-state index contributed by atoms with van der Waals surface area (Å²) in [5.41, 5.74) is 9.25. The molecule has 0 unspecified atom stereocenters. The summed E-state index contributed by atoms with van der Waals surface area (Å²) in [6, 6.07) is 9.16. The summed E-state index contributed by atoms with van der Waals surface area (Å²) in [6.45, 7) is 4.07. The van der Waals surface area contributed by atoms with Crippen LogP contribution in [-0.4, -0.2) is 16.6 Å². The Morgan fingerprint density at radius 2 is 1.96 bits per heavy atom. The monoisotopic (exact) mass is 322 g/mol. The van der Waals surface area contributed by atoms with Crippen molar-refractivity contribution in [3.8, 4) is 0 Å². The van der Waals surface area contributed by atoms with Crippen molar-refractivity contribution in [3.05, 3.63) is 53.2 Å². The summed E-state index contributed by atoms with van der Waals surface area (Å²) >= 11 is 0. The molecule has 1 amide bonds. The van der Waals surface area contributed by atoms with Crippen molar-refractivity contribution in [1.29, 1.82) is 5.41 Å². The van der Waals surface area contributed by atoms with Gasteiger partial charge in [0.25, 0.3) is 0 Å². The van der Waals surface area contributed by atoms with Gasteiger partial charge in [-0.1, -0.05) is 32.0 Å². The molecule has 0 bridgehead atoms. The van der Waals surface area contributed by atoms with Gasteiger partial charge in [0.1, 0.15) is 5.82 Å². The lowest BCUT2D eigenvalue weighted by Crippen LogP contribution is -2.18. The molecule has 1 aliphatic carbocycles. The van der Waals surface area contributed by atoms with Gasteiger partial charge in [-0.25, -0.2) is 4.98 Å². The third-order valence-electron chi connectivity index (χ3n) is 4.26. The van der Waals surface area contributed by atoms with Gasteiger partial charge in [0.15, 0.2) is 0 Å². The minimum atomic E-state index is 0.0207. The molecule has 5 nitrogen and oxygen atoms in total. The Balaban J connectivity index is 2.02. The maximum absolute atomic E-state index is 12.1. The number of pyridine rings is 1. The number of rotatable bonds is 5. The van der Waals surface area contributed by atoms with Gasteiger partial charge in [0, 0.05) is 34.5 Å². The molecule has 0 atom stereocenters. The molecule has 4 N–H and O–H groups in total. The molecule has 1 heterocycles. The standard InChI is InChI=1S/C19H22N4O/c1-11(2)16-14(17(21)13-5-3-4-6-15(13)20)9-10-22-18(16)23-19(24)12-7-8-12/h3-6,9-12,21H,7-8,20H2,1-2H3,(H,22,23,24). The third-order valence-corrected chi connectivity index (χ3v) is 4.26. The zero-order valence-electron chi connectivity index (χ0n) is 14.0. The maximum atomic E-state index is 12.1. The van der Waals surface area contributed by atoms with Crippen molar-refractivity contribution in [2.75, 3.05) is 11.1 Å². The van der Waals surface area contributed by atoms with Crippen LogP contribution in [0.1, 0.15) is 49.3 Å². The fourth-order valence-corrected chi connectivity index (χ4v) is 2.81. The Morgan fingerprint density at radius 3 is 2.58 bits per heavy atom. The number of nitrogens with one attached hydrogen (secondary N) is 2. The van der Waals surface area contributed by atoms with Crippen molar-refractivity contribution in [2.24, 2.45) is 5.92 Å². The second-order valence-electron chi connectivity index (χ2n) is 6.50. The van der Waals surface area contributed by atoms with E-state index < -0.39 is 0 Å². The van der Waals surface area contributed by atoms with Crippen LogP contribution in [0.5, 0.6) is 0 Å². The molecule has 24 heavy (non-hydrogen) atoms. The number of para-hydroxylation sites is 1. The molecule has 0 spiro atoms. The van der Waals surface area contributed by atoms with Gasteiger partial charge in [0.2, 0.25) is 5.91 Å². The van der Waals surface area contributed by atoms with Crippen LogP contribution in [0.4, 0.5) is 11.5 Å². The van der Waals surface area contributed by atoms with Gasteiger partial charge in [-0.3, -0.25) is 10.2 Å². The molecule has 1 saturated carbocycles. The smallest absolute Gasteiger partial charge is 0.228 e. The summed E-state index contributed by atoms with van der Waals surface area (Å²) in [4.78, 5) is 16.5. The van der Waals surface area contributed by atoms with Gasteiger partial charge in [-0.2, -0.15) is 0 Å².